The molecule has 2 N–H and O–H groups in total. The van der Waals surface area contributed by atoms with Crippen LogP contribution in [0.2, 0.25) is 0 Å². The third-order valence-corrected chi connectivity index (χ3v) is 3.07. The summed E-state index contributed by atoms with van der Waals surface area (Å²) in [5, 5.41) is 5.73. The Kier molecular flexibility index (Phi) is 5.51. The van der Waals surface area contributed by atoms with Crippen molar-refractivity contribution in [3.63, 3.8) is 0 Å². The van der Waals surface area contributed by atoms with Gasteiger partial charge in [0.15, 0.2) is 0 Å². The van der Waals surface area contributed by atoms with Crippen LogP contribution in [0, 0.1) is 13.8 Å². The molecular weight excluding hydrogens is 254 g/mol. The number of pyridine rings is 1. The van der Waals surface area contributed by atoms with Gasteiger partial charge in [0.05, 0.1) is 5.60 Å². The number of hydrogen-bond donors (Lipinski definition) is 2. The average molecular weight is 279 g/mol. The highest BCUT2D eigenvalue weighted by Gasteiger charge is 2.21. The lowest BCUT2D eigenvalue weighted by Gasteiger charge is -2.27. The molecule has 20 heavy (non-hydrogen) atoms. The number of rotatable bonds is 5. The van der Waals surface area contributed by atoms with Gasteiger partial charge in [-0.25, -0.2) is 4.79 Å². The third-order valence-electron chi connectivity index (χ3n) is 3.07. The molecule has 0 aromatic carbocycles. The molecule has 112 valence electrons. The fourth-order valence-electron chi connectivity index (χ4n) is 2.17. The van der Waals surface area contributed by atoms with Crippen LogP contribution in [0.15, 0.2) is 12.1 Å². The molecule has 0 radical (unpaired) electrons. The first kappa shape index (κ1) is 16.4. The number of aryl methyl sites for hydroxylation is 2. The molecule has 0 aliphatic carbocycles. The van der Waals surface area contributed by atoms with Crippen LogP contribution in [0.4, 0.5) is 10.5 Å². The Morgan fingerprint density at radius 1 is 1.35 bits per heavy atom. The molecule has 5 nitrogen and oxygen atoms in total. The van der Waals surface area contributed by atoms with Crippen molar-refractivity contribution in [2.24, 2.45) is 0 Å². The summed E-state index contributed by atoms with van der Waals surface area (Å²) in [6, 6.07) is 3.50. The molecule has 1 aromatic rings. The molecule has 0 aliphatic rings. The SMILES string of the molecule is COC(C)(C)CC(C)NC(=O)Nc1cc(C)nc(C)c1. The maximum absolute atomic E-state index is 11.9. The molecule has 0 saturated carbocycles. The van der Waals surface area contributed by atoms with Gasteiger partial charge in [0.1, 0.15) is 0 Å². The fraction of sp³-hybridized carbons (Fsp3) is 0.600. The molecular formula is C15H25N3O2. The van der Waals surface area contributed by atoms with Crippen LogP contribution in [0.1, 0.15) is 38.6 Å². The van der Waals surface area contributed by atoms with Crippen molar-refractivity contribution in [1.29, 1.82) is 0 Å². The fourth-order valence-corrected chi connectivity index (χ4v) is 2.17. The van der Waals surface area contributed by atoms with Crippen LogP contribution < -0.4 is 10.6 Å². The first-order valence-corrected chi connectivity index (χ1v) is 6.80. The van der Waals surface area contributed by atoms with Crippen LogP contribution >= 0.6 is 0 Å². The first-order valence-electron chi connectivity index (χ1n) is 6.80. The molecule has 0 bridgehead atoms. The van der Waals surface area contributed by atoms with Crippen LogP contribution in [0.5, 0.6) is 0 Å². The summed E-state index contributed by atoms with van der Waals surface area (Å²) in [5.41, 5.74) is 2.27. The highest BCUT2D eigenvalue weighted by molar-refractivity contribution is 5.89. The summed E-state index contributed by atoms with van der Waals surface area (Å²) in [4.78, 5) is 16.2. The third kappa shape index (κ3) is 5.57. The van der Waals surface area contributed by atoms with Gasteiger partial charge in [-0.15, -0.1) is 0 Å². The number of methoxy groups -OCH3 is 1. The molecule has 0 saturated heterocycles. The van der Waals surface area contributed by atoms with Crippen LogP contribution in [-0.2, 0) is 4.74 Å². The van der Waals surface area contributed by atoms with E-state index < -0.39 is 0 Å². The van der Waals surface area contributed by atoms with Crippen molar-refractivity contribution >= 4 is 11.7 Å². The second-order valence-corrected chi connectivity index (χ2v) is 5.81. The van der Waals surface area contributed by atoms with Crippen LogP contribution in [-0.4, -0.2) is 29.8 Å². The molecule has 5 heteroatoms. The lowest BCUT2D eigenvalue weighted by atomic mass is 10.00. The number of carbonyl (C=O) groups is 1. The Morgan fingerprint density at radius 3 is 2.40 bits per heavy atom. The Labute approximate surface area is 121 Å². The molecule has 2 amide bonds. The molecule has 0 fully saturated rings. The number of carbonyl (C=O) groups excluding carboxylic acids is 1. The van der Waals surface area contributed by atoms with E-state index in [0.717, 1.165) is 23.5 Å². The highest BCUT2D eigenvalue weighted by Crippen LogP contribution is 2.15. The number of hydrogen-bond acceptors (Lipinski definition) is 3. The normalized spacial score (nSPS) is 12.9. The number of nitrogens with zero attached hydrogens (tertiary/aromatic N) is 1. The molecule has 0 spiro atoms. The second kappa shape index (κ2) is 6.70. The Hall–Kier alpha value is -1.62. The average Bonchev–Trinajstić information content (AvgIpc) is 2.25. The molecule has 1 unspecified atom stereocenters. The summed E-state index contributed by atoms with van der Waals surface area (Å²) < 4.78 is 5.36. The van der Waals surface area contributed by atoms with Gasteiger partial charge in [-0.05, 0) is 53.2 Å². The van der Waals surface area contributed by atoms with E-state index in [9.17, 15) is 4.79 Å². The number of anilines is 1. The van der Waals surface area contributed by atoms with E-state index in [2.05, 4.69) is 15.6 Å². The van der Waals surface area contributed by atoms with E-state index in [1.54, 1.807) is 7.11 Å². The molecule has 1 aromatic heterocycles. The van der Waals surface area contributed by atoms with E-state index in [1.807, 2.05) is 46.8 Å². The van der Waals surface area contributed by atoms with E-state index in [4.69, 9.17) is 4.74 Å². The number of nitrogens with one attached hydrogen (secondary N) is 2. The summed E-state index contributed by atoms with van der Waals surface area (Å²) in [7, 11) is 1.68. The van der Waals surface area contributed by atoms with Crippen LogP contribution in [0.25, 0.3) is 0 Å². The minimum atomic E-state index is -0.253. The molecule has 1 heterocycles. The maximum Gasteiger partial charge on any atom is 0.319 e. The first-order chi connectivity index (χ1) is 9.21. The Morgan fingerprint density at radius 2 is 1.90 bits per heavy atom. The van der Waals surface area contributed by atoms with Gasteiger partial charge < -0.3 is 15.4 Å². The molecule has 0 aliphatic heterocycles. The zero-order valence-electron chi connectivity index (χ0n) is 13.2. The van der Waals surface area contributed by atoms with Gasteiger partial charge in [-0.3, -0.25) is 4.98 Å². The lowest BCUT2D eigenvalue weighted by Crippen LogP contribution is -2.41. The van der Waals surface area contributed by atoms with E-state index >= 15 is 0 Å². The topological polar surface area (TPSA) is 63.2 Å². The zero-order valence-corrected chi connectivity index (χ0v) is 13.2. The predicted octanol–water partition coefficient (Wildman–Crippen LogP) is 3.02. The molecule has 1 atom stereocenters. The summed E-state index contributed by atoms with van der Waals surface area (Å²) in [6.45, 7) is 9.76. The van der Waals surface area contributed by atoms with Crippen molar-refractivity contribution in [3.05, 3.63) is 23.5 Å². The van der Waals surface area contributed by atoms with Gasteiger partial charge in [-0.2, -0.15) is 0 Å². The van der Waals surface area contributed by atoms with Gasteiger partial charge >= 0.3 is 6.03 Å². The highest BCUT2D eigenvalue weighted by atomic mass is 16.5. The van der Waals surface area contributed by atoms with Crippen LogP contribution in [0.3, 0.4) is 0 Å². The van der Waals surface area contributed by atoms with Crippen molar-refractivity contribution in [3.8, 4) is 0 Å². The number of ether oxygens (including phenoxy) is 1. The van der Waals surface area contributed by atoms with E-state index in [-0.39, 0.29) is 17.7 Å². The van der Waals surface area contributed by atoms with Gasteiger partial charge in [0, 0.05) is 30.2 Å². The van der Waals surface area contributed by atoms with Gasteiger partial charge in [-0.1, -0.05) is 0 Å². The van der Waals surface area contributed by atoms with E-state index in [1.165, 1.54) is 0 Å². The number of amides is 2. The van der Waals surface area contributed by atoms with Gasteiger partial charge in [0.2, 0.25) is 0 Å². The van der Waals surface area contributed by atoms with Gasteiger partial charge in [0.25, 0.3) is 0 Å². The lowest BCUT2D eigenvalue weighted by molar-refractivity contribution is 0.00963. The van der Waals surface area contributed by atoms with E-state index in [0.29, 0.717) is 0 Å². The largest absolute Gasteiger partial charge is 0.379 e. The standard InChI is InChI=1S/C15H25N3O2/c1-10-7-13(8-11(2)16-10)18-14(19)17-12(3)9-15(4,5)20-6/h7-8,12H,9H2,1-6H3,(H2,16,17,18,19). The second-order valence-electron chi connectivity index (χ2n) is 5.81. The minimum Gasteiger partial charge on any atom is -0.379 e. The Balaban J connectivity index is 2.55. The summed E-state index contributed by atoms with van der Waals surface area (Å²) in [6.07, 6.45) is 0.741. The number of aromatic nitrogens is 1. The maximum atomic E-state index is 11.9. The van der Waals surface area contributed by atoms with Crippen molar-refractivity contribution < 1.29 is 9.53 Å². The number of urea groups is 1. The summed E-state index contributed by atoms with van der Waals surface area (Å²) in [5.74, 6) is 0. The Bertz CT molecular complexity index is 452. The monoisotopic (exact) mass is 279 g/mol. The van der Waals surface area contributed by atoms with Crippen molar-refractivity contribution in [2.75, 3.05) is 12.4 Å². The smallest absolute Gasteiger partial charge is 0.319 e. The predicted molar refractivity (Wildman–Crippen MR) is 81.0 cm³/mol. The zero-order chi connectivity index (χ0) is 15.3. The minimum absolute atomic E-state index is 0.0222. The van der Waals surface area contributed by atoms with Crippen molar-refractivity contribution in [1.82, 2.24) is 10.3 Å². The summed E-state index contributed by atoms with van der Waals surface area (Å²) >= 11 is 0. The van der Waals surface area contributed by atoms with Crippen molar-refractivity contribution in [2.45, 2.75) is 52.7 Å². The quantitative estimate of drug-likeness (QED) is 0.871. The molecule has 1 rings (SSSR count).